The molecule has 0 aliphatic heterocycles. The van der Waals surface area contributed by atoms with E-state index in [1.165, 1.54) is 0 Å². The maximum atomic E-state index is 6.11. The lowest BCUT2D eigenvalue weighted by atomic mass is 9.95. The van der Waals surface area contributed by atoms with Gasteiger partial charge in [-0.25, -0.2) is 0 Å². The molecule has 6 aromatic rings. The molecule has 2 heterocycles. The fraction of sp³-hybridized carbons (Fsp3) is 0. The van der Waals surface area contributed by atoms with Crippen molar-refractivity contribution in [2.24, 2.45) is 0 Å². The zero-order valence-electron chi connectivity index (χ0n) is 14.2. The van der Waals surface area contributed by atoms with Gasteiger partial charge in [0.05, 0.1) is 0 Å². The van der Waals surface area contributed by atoms with Crippen molar-refractivity contribution < 1.29 is 8.83 Å². The van der Waals surface area contributed by atoms with E-state index < -0.39 is 0 Å². The van der Waals surface area contributed by atoms with Crippen LogP contribution >= 0.6 is 15.9 Å². The van der Waals surface area contributed by atoms with E-state index in [1.807, 2.05) is 42.5 Å². The van der Waals surface area contributed by atoms with E-state index in [-0.39, 0.29) is 0 Å². The minimum Gasteiger partial charge on any atom is -0.456 e. The zero-order chi connectivity index (χ0) is 18.0. The molecule has 4 aromatic carbocycles. The predicted octanol–water partition coefficient (Wildman–Crippen LogP) is 7.91. The van der Waals surface area contributed by atoms with Gasteiger partial charge in [-0.05, 0) is 35.9 Å². The number of para-hydroxylation sites is 2. The zero-order valence-corrected chi connectivity index (χ0v) is 15.8. The van der Waals surface area contributed by atoms with E-state index in [1.54, 1.807) is 0 Å². The van der Waals surface area contributed by atoms with E-state index in [0.29, 0.717) is 0 Å². The summed E-state index contributed by atoms with van der Waals surface area (Å²) in [5, 5.41) is 4.50. The van der Waals surface area contributed by atoms with Crippen LogP contribution < -0.4 is 0 Å². The number of fused-ring (bicyclic) bond motifs is 6. The van der Waals surface area contributed by atoms with E-state index >= 15 is 0 Å². The molecular formula is C24H13BrO2. The van der Waals surface area contributed by atoms with Gasteiger partial charge in [0.2, 0.25) is 0 Å². The highest BCUT2D eigenvalue weighted by atomic mass is 79.9. The van der Waals surface area contributed by atoms with Crippen LogP contribution in [-0.4, -0.2) is 0 Å². The van der Waals surface area contributed by atoms with E-state index in [2.05, 4.69) is 52.3 Å². The number of benzene rings is 4. The van der Waals surface area contributed by atoms with Crippen LogP contribution in [-0.2, 0) is 0 Å². The fourth-order valence-corrected chi connectivity index (χ4v) is 4.58. The lowest BCUT2D eigenvalue weighted by molar-refractivity contribution is 0.668. The predicted molar refractivity (Wildman–Crippen MR) is 114 cm³/mol. The van der Waals surface area contributed by atoms with Crippen LogP contribution in [0.4, 0.5) is 0 Å². The Morgan fingerprint density at radius 2 is 1.11 bits per heavy atom. The molecule has 6 rings (SSSR count). The van der Waals surface area contributed by atoms with Gasteiger partial charge in [0.25, 0.3) is 0 Å². The highest BCUT2D eigenvalue weighted by molar-refractivity contribution is 9.10. The monoisotopic (exact) mass is 412 g/mol. The Kier molecular flexibility index (Phi) is 3.06. The van der Waals surface area contributed by atoms with Crippen molar-refractivity contribution in [3.8, 4) is 11.1 Å². The Morgan fingerprint density at radius 1 is 0.519 bits per heavy atom. The Labute approximate surface area is 163 Å². The first-order valence-corrected chi connectivity index (χ1v) is 9.61. The lowest BCUT2D eigenvalue weighted by Crippen LogP contribution is -1.83. The van der Waals surface area contributed by atoms with Crippen molar-refractivity contribution >= 4 is 59.8 Å². The summed E-state index contributed by atoms with van der Waals surface area (Å²) in [5.41, 5.74) is 5.86. The molecule has 0 radical (unpaired) electrons. The largest absolute Gasteiger partial charge is 0.456 e. The van der Waals surface area contributed by atoms with Crippen molar-refractivity contribution in [1.29, 1.82) is 0 Å². The molecule has 3 heteroatoms. The summed E-state index contributed by atoms with van der Waals surface area (Å²) < 4.78 is 13.2. The summed E-state index contributed by atoms with van der Waals surface area (Å²) in [7, 11) is 0. The summed E-state index contributed by atoms with van der Waals surface area (Å²) in [6, 6.07) is 26.7. The quantitative estimate of drug-likeness (QED) is 0.274. The van der Waals surface area contributed by atoms with E-state index in [4.69, 9.17) is 8.83 Å². The van der Waals surface area contributed by atoms with Crippen molar-refractivity contribution in [1.82, 2.24) is 0 Å². The van der Waals surface area contributed by atoms with Crippen LogP contribution in [0.3, 0.4) is 0 Å². The van der Waals surface area contributed by atoms with Crippen LogP contribution in [0.15, 0.2) is 92.2 Å². The van der Waals surface area contributed by atoms with Crippen molar-refractivity contribution in [2.75, 3.05) is 0 Å². The Morgan fingerprint density at radius 3 is 1.85 bits per heavy atom. The summed E-state index contributed by atoms with van der Waals surface area (Å²) in [6.45, 7) is 0. The second-order valence-electron chi connectivity index (χ2n) is 6.67. The van der Waals surface area contributed by atoms with Gasteiger partial charge in [0, 0.05) is 31.6 Å². The molecule has 2 aromatic heterocycles. The normalized spacial score (nSPS) is 11.9. The second kappa shape index (κ2) is 5.48. The molecule has 0 atom stereocenters. The molecule has 0 saturated heterocycles. The fourth-order valence-electron chi connectivity index (χ4n) is 4.04. The minimum absolute atomic E-state index is 0.888. The van der Waals surface area contributed by atoms with Gasteiger partial charge in [-0.1, -0.05) is 64.5 Å². The van der Waals surface area contributed by atoms with Crippen LogP contribution in [0, 0.1) is 0 Å². The van der Waals surface area contributed by atoms with E-state index in [9.17, 15) is 0 Å². The standard InChI is InChI=1S/C24H13BrO2/c25-17-12-13-21-24(15-7-2-4-10-19(15)27-21)23(17)16-8-5-11-20-22(16)14-6-1-3-9-18(14)26-20/h1-13H. The van der Waals surface area contributed by atoms with Crippen LogP contribution in [0.1, 0.15) is 0 Å². The smallest absolute Gasteiger partial charge is 0.136 e. The van der Waals surface area contributed by atoms with Gasteiger partial charge in [-0.2, -0.15) is 0 Å². The maximum Gasteiger partial charge on any atom is 0.136 e. The average molecular weight is 413 g/mol. The molecule has 0 spiro atoms. The molecule has 0 amide bonds. The second-order valence-corrected chi connectivity index (χ2v) is 7.53. The molecule has 0 aliphatic rings. The Balaban J connectivity index is 1.85. The number of rotatable bonds is 1. The number of halogens is 1. The first-order chi connectivity index (χ1) is 13.3. The van der Waals surface area contributed by atoms with Crippen LogP contribution in [0.25, 0.3) is 55.0 Å². The van der Waals surface area contributed by atoms with Crippen molar-refractivity contribution in [3.63, 3.8) is 0 Å². The molecule has 2 nitrogen and oxygen atoms in total. The molecule has 0 fully saturated rings. The highest BCUT2D eigenvalue weighted by Gasteiger charge is 2.19. The number of hydrogen-bond donors (Lipinski definition) is 0. The maximum absolute atomic E-state index is 6.11. The minimum atomic E-state index is 0.888. The molecule has 0 bridgehead atoms. The number of hydrogen-bond acceptors (Lipinski definition) is 2. The van der Waals surface area contributed by atoms with Gasteiger partial charge >= 0.3 is 0 Å². The van der Waals surface area contributed by atoms with Gasteiger partial charge < -0.3 is 8.83 Å². The Hall–Kier alpha value is -3.04. The molecule has 0 aliphatic carbocycles. The lowest BCUT2D eigenvalue weighted by Gasteiger charge is -2.09. The third-order valence-corrected chi connectivity index (χ3v) is 5.83. The molecule has 128 valence electrons. The Bertz CT molecular complexity index is 1490. The van der Waals surface area contributed by atoms with Gasteiger partial charge in [0.1, 0.15) is 22.3 Å². The molecule has 0 unspecified atom stereocenters. The summed E-state index contributed by atoms with van der Waals surface area (Å²) in [4.78, 5) is 0. The summed E-state index contributed by atoms with van der Waals surface area (Å²) >= 11 is 3.79. The van der Waals surface area contributed by atoms with Crippen LogP contribution in [0.5, 0.6) is 0 Å². The molecule has 0 saturated carbocycles. The molecular weight excluding hydrogens is 400 g/mol. The SMILES string of the molecule is Brc1ccc2oc3ccccc3c2c1-c1cccc2oc3ccccc3c12. The van der Waals surface area contributed by atoms with Crippen molar-refractivity contribution in [3.05, 3.63) is 83.3 Å². The number of furan rings is 2. The average Bonchev–Trinajstić information content (AvgIpc) is 3.26. The van der Waals surface area contributed by atoms with Gasteiger partial charge in [0.15, 0.2) is 0 Å². The first kappa shape index (κ1) is 15.1. The van der Waals surface area contributed by atoms with Crippen molar-refractivity contribution in [2.45, 2.75) is 0 Å². The van der Waals surface area contributed by atoms with Crippen LogP contribution in [0.2, 0.25) is 0 Å². The third-order valence-electron chi connectivity index (χ3n) is 5.16. The van der Waals surface area contributed by atoms with Gasteiger partial charge in [-0.15, -0.1) is 0 Å². The van der Waals surface area contributed by atoms with E-state index in [0.717, 1.165) is 59.5 Å². The van der Waals surface area contributed by atoms with Gasteiger partial charge in [-0.3, -0.25) is 0 Å². The first-order valence-electron chi connectivity index (χ1n) is 8.81. The summed E-state index contributed by atoms with van der Waals surface area (Å²) in [6.07, 6.45) is 0. The topological polar surface area (TPSA) is 26.3 Å². The highest BCUT2D eigenvalue weighted by Crippen LogP contribution is 2.45. The summed E-state index contributed by atoms with van der Waals surface area (Å²) in [5.74, 6) is 0. The molecule has 0 N–H and O–H groups in total. The third kappa shape index (κ3) is 2.06. The molecule has 27 heavy (non-hydrogen) atoms.